The van der Waals surface area contributed by atoms with Crippen molar-refractivity contribution >= 4 is 11.3 Å². The fraction of sp³-hybridized carbons (Fsp3) is 0.412. The molecule has 0 fully saturated rings. The molecule has 0 saturated heterocycles. The predicted molar refractivity (Wildman–Crippen MR) is 85.1 cm³/mol. The molecule has 0 aliphatic heterocycles. The molecule has 1 nitrogen and oxygen atoms in total. The summed E-state index contributed by atoms with van der Waals surface area (Å²) in [5, 5.41) is 3.23. The van der Waals surface area contributed by atoms with Crippen LogP contribution in [0, 0.1) is 12.7 Å². The topological polar surface area (TPSA) is 12.0 Å². The molecule has 0 amide bonds. The summed E-state index contributed by atoms with van der Waals surface area (Å²) in [7, 11) is 1.88. The Hall–Kier alpha value is -1.19. The van der Waals surface area contributed by atoms with E-state index in [0.717, 1.165) is 10.4 Å². The number of thiophene rings is 1. The number of nitrogens with one attached hydrogen (secondary N) is 1. The van der Waals surface area contributed by atoms with E-state index in [-0.39, 0.29) is 17.3 Å². The van der Waals surface area contributed by atoms with Gasteiger partial charge in [0.15, 0.2) is 0 Å². The maximum absolute atomic E-state index is 14.2. The molecule has 2 aromatic rings. The van der Waals surface area contributed by atoms with Crippen LogP contribution in [0.2, 0.25) is 0 Å². The molecule has 0 saturated carbocycles. The lowest BCUT2D eigenvalue weighted by atomic mass is 9.95. The molecule has 0 bridgehead atoms. The molecular weight excluding hydrogens is 269 g/mol. The standard InChI is InChI=1S/C17H22FNS/c1-11-6-7-12(13(18)10-11)16(19-5)14-8-9-15(20-14)17(2,3)4/h6-10,16,19H,1-5H3. The van der Waals surface area contributed by atoms with Crippen molar-refractivity contribution in [2.75, 3.05) is 7.05 Å². The summed E-state index contributed by atoms with van der Waals surface area (Å²) in [6.07, 6.45) is 0. The van der Waals surface area contributed by atoms with Crippen molar-refractivity contribution in [3.8, 4) is 0 Å². The molecule has 1 heterocycles. The van der Waals surface area contributed by atoms with Crippen LogP contribution in [0.25, 0.3) is 0 Å². The number of benzene rings is 1. The third kappa shape index (κ3) is 3.10. The molecule has 1 unspecified atom stereocenters. The lowest BCUT2D eigenvalue weighted by Crippen LogP contribution is -2.18. The average Bonchev–Trinajstić information content (AvgIpc) is 2.82. The second kappa shape index (κ2) is 5.66. The van der Waals surface area contributed by atoms with Gasteiger partial charge in [0.05, 0.1) is 6.04 Å². The first-order chi connectivity index (χ1) is 9.32. The van der Waals surface area contributed by atoms with Crippen LogP contribution in [-0.4, -0.2) is 7.05 Å². The second-order valence-electron chi connectivity index (χ2n) is 6.20. The molecule has 1 atom stereocenters. The highest BCUT2D eigenvalue weighted by Gasteiger charge is 2.21. The SMILES string of the molecule is CNC(c1ccc(C(C)(C)C)s1)c1ccc(C)cc1F. The Bertz CT molecular complexity index is 595. The molecule has 0 spiro atoms. The molecule has 108 valence electrons. The van der Waals surface area contributed by atoms with Crippen molar-refractivity contribution in [1.29, 1.82) is 0 Å². The Morgan fingerprint density at radius 3 is 2.35 bits per heavy atom. The molecule has 1 aromatic carbocycles. The number of rotatable bonds is 3. The molecular formula is C17H22FNS. The summed E-state index contributed by atoms with van der Waals surface area (Å²) in [5.41, 5.74) is 1.79. The number of aryl methyl sites for hydroxylation is 1. The fourth-order valence-corrected chi connectivity index (χ4v) is 3.42. The molecule has 3 heteroatoms. The Morgan fingerprint density at radius 2 is 1.85 bits per heavy atom. The first-order valence-corrected chi connectivity index (χ1v) is 7.68. The van der Waals surface area contributed by atoms with Crippen LogP contribution in [0.3, 0.4) is 0 Å². The van der Waals surface area contributed by atoms with E-state index in [1.165, 1.54) is 4.88 Å². The molecule has 20 heavy (non-hydrogen) atoms. The minimum Gasteiger partial charge on any atom is -0.309 e. The smallest absolute Gasteiger partial charge is 0.128 e. The van der Waals surface area contributed by atoms with Gasteiger partial charge in [-0.15, -0.1) is 11.3 Å². The number of hydrogen-bond acceptors (Lipinski definition) is 2. The van der Waals surface area contributed by atoms with Crippen LogP contribution in [0.5, 0.6) is 0 Å². The van der Waals surface area contributed by atoms with Gasteiger partial charge in [-0.1, -0.05) is 32.9 Å². The summed E-state index contributed by atoms with van der Waals surface area (Å²) < 4.78 is 14.2. The monoisotopic (exact) mass is 291 g/mol. The van der Waals surface area contributed by atoms with Crippen molar-refractivity contribution in [1.82, 2.24) is 5.32 Å². The predicted octanol–water partition coefficient (Wildman–Crippen LogP) is 4.80. The Kier molecular flexibility index (Phi) is 4.31. The van der Waals surface area contributed by atoms with Gasteiger partial charge < -0.3 is 5.32 Å². The normalized spacial score (nSPS) is 13.5. The van der Waals surface area contributed by atoms with E-state index in [0.29, 0.717) is 5.56 Å². The van der Waals surface area contributed by atoms with Gasteiger partial charge in [0, 0.05) is 15.3 Å². The average molecular weight is 291 g/mol. The van der Waals surface area contributed by atoms with Crippen LogP contribution >= 0.6 is 11.3 Å². The van der Waals surface area contributed by atoms with Crippen LogP contribution in [0.4, 0.5) is 4.39 Å². The molecule has 0 aliphatic rings. The molecule has 1 N–H and O–H groups in total. The fourth-order valence-electron chi connectivity index (χ4n) is 2.23. The van der Waals surface area contributed by atoms with Crippen LogP contribution in [0.15, 0.2) is 30.3 Å². The quantitative estimate of drug-likeness (QED) is 0.856. The van der Waals surface area contributed by atoms with Gasteiger partial charge in [-0.05, 0) is 43.1 Å². The van der Waals surface area contributed by atoms with E-state index in [4.69, 9.17) is 0 Å². The zero-order chi connectivity index (χ0) is 14.9. The lowest BCUT2D eigenvalue weighted by molar-refractivity contribution is 0.578. The van der Waals surface area contributed by atoms with E-state index >= 15 is 0 Å². The Labute approximate surface area is 124 Å². The number of halogens is 1. The Balaban J connectivity index is 2.40. The minimum absolute atomic E-state index is 0.0864. The zero-order valence-corrected chi connectivity index (χ0v) is 13.6. The zero-order valence-electron chi connectivity index (χ0n) is 12.8. The van der Waals surface area contributed by atoms with E-state index in [1.807, 2.05) is 26.1 Å². The highest BCUT2D eigenvalue weighted by molar-refractivity contribution is 7.12. The summed E-state index contributed by atoms with van der Waals surface area (Å²) in [6.45, 7) is 8.50. The van der Waals surface area contributed by atoms with E-state index in [1.54, 1.807) is 17.4 Å². The van der Waals surface area contributed by atoms with Crippen molar-refractivity contribution in [3.05, 3.63) is 57.0 Å². The second-order valence-corrected chi connectivity index (χ2v) is 7.31. The van der Waals surface area contributed by atoms with E-state index in [9.17, 15) is 4.39 Å². The van der Waals surface area contributed by atoms with E-state index < -0.39 is 0 Å². The summed E-state index contributed by atoms with van der Waals surface area (Å²) in [4.78, 5) is 2.47. The summed E-state index contributed by atoms with van der Waals surface area (Å²) in [5.74, 6) is -0.143. The minimum atomic E-state index is -0.143. The highest BCUT2D eigenvalue weighted by Crippen LogP contribution is 2.35. The maximum Gasteiger partial charge on any atom is 0.128 e. The van der Waals surface area contributed by atoms with E-state index in [2.05, 4.69) is 38.2 Å². The van der Waals surface area contributed by atoms with Gasteiger partial charge in [0.25, 0.3) is 0 Å². The molecule has 1 aromatic heterocycles. The van der Waals surface area contributed by atoms with Gasteiger partial charge in [-0.2, -0.15) is 0 Å². The van der Waals surface area contributed by atoms with Crippen LogP contribution in [-0.2, 0) is 5.41 Å². The maximum atomic E-state index is 14.2. The van der Waals surface area contributed by atoms with Crippen LogP contribution in [0.1, 0.15) is 47.7 Å². The largest absolute Gasteiger partial charge is 0.309 e. The Morgan fingerprint density at radius 1 is 1.15 bits per heavy atom. The van der Waals surface area contributed by atoms with Gasteiger partial charge in [-0.3, -0.25) is 0 Å². The lowest BCUT2D eigenvalue weighted by Gasteiger charge is -2.18. The van der Waals surface area contributed by atoms with Crippen molar-refractivity contribution in [3.63, 3.8) is 0 Å². The molecule has 0 radical (unpaired) electrons. The van der Waals surface area contributed by atoms with Crippen LogP contribution < -0.4 is 5.32 Å². The van der Waals surface area contributed by atoms with Gasteiger partial charge in [-0.25, -0.2) is 4.39 Å². The third-order valence-electron chi connectivity index (χ3n) is 3.41. The summed E-state index contributed by atoms with van der Waals surface area (Å²) >= 11 is 1.75. The third-order valence-corrected chi connectivity index (χ3v) is 4.98. The molecule has 0 aliphatic carbocycles. The first kappa shape index (κ1) is 15.2. The highest BCUT2D eigenvalue weighted by atomic mass is 32.1. The van der Waals surface area contributed by atoms with Crippen molar-refractivity contribution < 1.29 is 4.39 Å². The first-order valence-electron chi connectivity index (χ1n) is 6.86. The van der Waals surface area contributed by atoms with Crippen molar-refractivity contribution in [2.24, 2.45) is 0 Å². The van der Waals surface area contributed by atoms with Gasteiger partial charge in [0.1, 0.15) is 5.82 Å². The molecule has 2 rings (SSSR count). The van der Waals surface area contributed by atoms with Crippen molar-refractivity contribution in [2.45, 2.75) is 39.2 Å². The van der Waals surface area contributed by atoms with Gasteiger partial charge in [0.2, 0.25) is 0 Å². The number of hydrogen-bond donors (Lipinski definition) is 1. The summed E-state index contributed by atoms with van der Waals surface area (Å²) in [6, 6.07) is 9.60. The van der Waals surface area contributed by atoms with Gasteiger partial charge >= 0.3 is 0 Å².